The minimum atomic E-state index is -0.678. The van der Waals surface area contributed by atoms with E-state index in [0.717, 1.165) is 24.3 Å². The summed E-state index contributed by atoms with van der Waals surface area (Å²) in [5.41, 5.74) is 2.65. The van der Waals surface area contributed by atoms with E-state index in [4.69, 9.17) is 4.74 Å². The normalized spacial score (nSPS) is 21.8. The van der Waals surface area contributed by atoms with Crippen molar-refractivity contribution in [1.29, 1.82) is 0 Å². The molecule has 0 bridgehead atoms. The van der Waals surface area contributed by atoms with Crippen LogP contribution in [0.2, 0.25) is 0 Å². The molecule has 4 rings (SSSR count). The predicted molar refractivity (Wildman–Crippen MR) is 113 cm³/mol. The molecule has 9 heteroatoms. The molecule has 0 radical (unpaired) electrons. The summed E-state index contributed by atoms with van der Waals surface area (Å²) in [6, 6.07) is 2.87. The third-order valence-electron chi connectivity index (χ3n) is 6.07. The number of carbonyl (C=O) groups excluding carboxylic acids is 2. The summed E-state index contributed by atoms with van der Waals surface area (Å²) in [5, 5.41) is 15.6. The number of aliphatic hydroxyl groups is 1. The van der Waals surface area contributed by atoms with Crippen LogP contribution < -0.4 is 0 Å². The second-order valence-electron chi connectivity index (χ2n) is 7.90. The van der Waals surface area contributed by atoms with Crippen LogP contribution in [-0.2, 0) is 21.4 Å². The number of aromatic nitrogens is 3. The molecule has 4 heterocycles. The zero-order valence-corrected chi connectivity index (χ0v) is 18.0. The molecule has 0 unspecified atom stereocenters. The van der Waals surface area contributed by atoms with Crippen LogP contribution in [0.1, 0.15) is 28.6 Å². The minimum absolute atomic E-state index is 0.0948. The van der Waals surface area contributed by atoms with Gasteiger partial charge in [-0.05, 0) is 31.5 Å². The van der Waals surface area contributed by atoms with E-state index in [2.05, 4.69) is 15.0 Å². The fourth-order valence-corrected chi connectivity index (χ4v) is 4.33. The Morgan fingerprint density at radius 1 is 1.16 bits per heavy atom. The lowest BCUT2D eigenvalue weighted by atomic mass is 9.95. The Morgan fingerprint density at radius 2 is 1.84 bits per heavy atom. The average Bonchev–Trinajstić information content (AvgIpc) is 3.18. The van der Waals surface area contributed by atoms with Gasteiger partial charge >= 0.3 is 0 Å². The first-order valence-corrected chi connectivity index (χ1v) is 10.4. The van der Waals surface area contributed by atoms with Crippen molar-refractivity contribution in [3.63, 3.8) is 0 Å². The number of Topliss-reactive ketones (excluding diaryl/α,β-unsaturated/α-hetero) is 1. The summed E-state index contributed by atoms with van der Waals surface area (Å²) in [6.45, 7) is 7.50. The molecule has 1 amide bonds. The van der Waals surface area contributed by atoms with Gasteiger partial charge in [-0.25, -0.2) is 0 Å². The molecule has 1 N–H and O–H groups in total. The van der Waals surface area contributed by atoms with E-state index in [1.165, 1.54) is 0 Å². The number of likely N-dealkylation sites (tertiary alicyclic amines) is 1. The van der Waals surface area contributed by atoms with E-state index >= 15 is 0 Å². The second kappa shape index (κ2) is 8.60. The fraction of sp³-hybridized carbons (Fsp3) is 0.455. The van der Waals surface area contributed by atoms with Crippen molar-refractivity contribution in [2.24, 2.45) is 7.05 Å². The summed E-state index contributed by atoms with van der Waals surface area (Å²) >= 11 is 0. The number of aryl methyl sites for hydroxylation is 2. The molecule has 0 aromatic carbocycles. The summed E-state index contributed by atoms with van der Waals surface area (Å²) in [4.78, 5) is 34.0. The number of nitrogens with zero attached hydrogens (tertiary/aromatic N) is 5. The smallest absolute Gasteiger partial charge is 0.295 e. The Morgan fingerprint density at radius 3 is 2.45 bits per heavy atom. The largest absolute Gasteiger partial charge is 0.507 e. The highest BCUT2D eigenvalue weighted by molar-refractivity contribution is 6.46. The highest BCUT2D eigenvalue weighted by Gasteiger charge is 2.46. The summed E-state index contributed by atoms with van der Waals surface area (Å²) in [6.07, 6.45) is 3.25. The Hall–Kier alpha value is -3.04. The number of ether oxygens (including phenoxy) is 1. The molecule has 1 atom stereocenters. The van der Waals surface area contributed by atoms with Crippen LogP contribution in [0.3, 0.4) is 0 Å². The van der Waals surface area contributed by atoms with Crippen molar-refractivity contribution in [3.05, 3.63) is 52.6 Å². The van der Waals surface area contributed by atoms with Crippen LogP contribution >= 0.6 is 0 Å². The lowest BCUT2D eigenvalue weighted by molar-refractivity contribution is -0.140. The van der Waals surface area contributed by atoms with Crippen LogP contribution in [-0.4, -0.2) is 80.8 Å². The van der Waals surface area contributed by atoms with Gasteiger partial charge in [0.05, 0.1) is 36.1 Å². The standard InChI is InChI=1S/C22H27N5O4/c1-14-17(15(2)25(3)24-14)20(28)18-19(16-4-6-23-7-5-16)27(22(30)21(18)29)9-8-26-10-12-31-13-11-26/h4-7,19,28H,8-13H2,1-3H3/t19-/m0/s1. The van der Waals surface area contributed by atoms with Crippen LogP contribution in [0.5, 0.6) is 0 Å². The topological polar surface area (TPSA) is 101 Å². The molecule has 2 aliphatic heterocycles. The Bertz CT molecular complexity index is 1020. The first kappa shape index (κ1) is 21.2. The van der Waals surface area contributed by atoms with Gasteiger partial charge < -0.3 is 14.7 Å². The fourth-order valence-electron chi connectivity index (χ4n) is 4.33. The molecule has 31 heavy (non-hydrogen) atoms. The maximum absolute atomic E-state index is 13.1. The van der Waals surface area contributed by atoms with Crippen LogP contribution in [0.4, 0.5) is 0 Å². The molecular formula is C22H27N5O4. The molecule has 9 nitrogen and oxygen atoms in total. The van der Waals surface area contributed by atoms with Crippen molar-refractivity contribution in [2.45, 2.75) is 19.9 Å². The molecule has 2 aromatic heterocycles. The molecule has 2 fully saturated rings. The zero-order valence-electron chi connectivity index (χ0n) is 18.0. The van der Waals surface area contributed by atoms with Gasteiger partial charge in [-0.1, -0.05) is 0 Å². The molecule has 2 saturated heterocycles. The number of hydrogen-bond acceptors (Lipinski definition) is 7. The summed E-state index contributed by atoms with van der Waals surface area (Å²) in [7, 11) is 1.78. The number of ketones is 1. The number of morpholine rings is 1. The molecule has 2 aromatic rings. The van der Waals surface area contributed by atoms with Crippen molar-refractivity contribution in [3.8, 4) is 0 Å². The molecule has 0 saturated carbocycles. The highest BCUT2D eigenvalue weighted by Crippen LogP contribution is 2.40. The number of pyridine rings is 1. The average molecular weight is 425 g/mol. The second-order valence-corrected chi connectivity index (χ2v) is 7.90. The van der Waals surface area contributed by atoms with Crippen LogP contribution in [0, 0.1) is 13.8 Å². The SMILES string of the molecule is Cc1nn(C)c(C)c1C(O)=C1C(=O)C(=O)N(CCN2CCOCC2)[C@H]1c1ccncc1. The number of amides is 1. The molecule has 2 aliphatic rings. The van der Waals surface area contributed by atoms with Crippen molar-refractivity contribution in [1.82, 2.24) is 24.6 Å². The lowest BCUT2D eigenvalue weighted by Crippen LogP contribution is -2.42. The number of hydrogen-bond donors (Lipinski definition) is 1. The summed E-state index contributed by atoms with van der Waals surface area (Å²) in [5.74, 6) is -1.46. The van der Waals surface area contributed by atoms with Gasteiger partial charge in [-0.2, -0.15) is 5.10 Å². The van der Waals surface area contributed by atoms with E-state index in [-0.39, 0.29) is 11.3 Å². The van der Waals surface area contributed by atoms with Crippen molar-refractivity contribution >= 4 is 17.4 Å². The monoisotopic (exact) mass is 425 g/mol. The number of rotatable bonds is 5. The number of aliphatic hydroxyl groups excluding tert-OH is 1. The predicted octanol–water partition coefficient (Wildman–Crippen LogP) is 1.19. The van der Waals surface area contributed by atoms with E-state index in [0.29, 0.717) is 37.6 Å². The minimum Gasteiger partial charge on any atom is -0.507 e. The van der Waals surface area contributed by atoms with E-state index in [1.54, 1.807) is 48.1 Å². The Kier molecular flexibility index (Phi) is 5.88. The quantitative estimate of drug-likeness (QED) is 0.436. The van der Waals surface area contributed by atoms with Gasteiger partial charge in [0.1, 0.15) is 5.76 Å². The zero-order chi connectivity index (χ0) is 22.1. The maximum atomic E-state index is 13.1. The van der Waals surface area contributed by atoms with E-state index in [1.807, 2.05) is 6.92 Å². The van der Waals surface area contributed by atoms with Crippen LogP contribution in [0.25, 0.3) is 5.76 Å². The van der Waals surface area contributed by atoms with Gasteiger partial charge in [-0.15, -0.1) is 0 Å². The molecule has 164 valence electrons. The summed E-state index contributed by atoms with van der Waals surface area (Å²) < 4.78 is 7.04. The van der Waals surface area contributed by atoms with Gasteiger partial charge in [0, 0.05) is 51.3 Å². The van der Waals surface area contributed by atoms with E-state index < -0.39 is 17.7 Å². The highest BCUT2D eigenvalue weighted by atomic mass is 16.5. The first-order chi connectivity index (χ1) is 14.9. The Labute approximate surface area is 180 Å². The molecule has 0 spiro atoms. The molecule has 0 aliphatic carbocycles. The van der Waals surface area contributed by atoms with Gasteiger partial charge in [0.2, 0.25) is 0 Å². The van der Waals surface area contributed by atoms with Gasteiger partial charge in [0.25, 0.3) is 11.7 Å². The van der Waals surface area contributed by atoms with Crippen molar-refractivity contribution in [2.75, 3.05) is 39.4 Å². The lowest BCUT2D eigenvalue weighted by Gasteiger charge is -2.31. The van der Waals surface area contributed by atoms with Crippen molar-refractivity contribution < 1.29 is 19.4 Å². The van der Waals surface area contributed by atoms with Crippen LogP contribution in [0.15, 0.2) is 30.1 Å². The van der Waals surface area contributed by atoms with Gasteiger partial charge in [-0.3, -0.25) is 24.2 Å². The van der Waals surface area contributed by atoms with E-state index in [9.17, 15) is 14.7 Å². The first-order valence-electron chi connectivity index (χ1n) is 10.4. The Balaban J connectivity index is 1.76. The molecular weight excluding hydrogens is 398 g/mol. The number of carbonyl (C=O) groups is 2. The third kappa shape index (κ3) is 3.86. The maximum Gasteiger partial charge on any atom is 0.295 e. The van der Waals surface area contributed by atoms with Gasteiger partial charge in [0.15, 0.2) is 0 Å². The third-order valence-corrected chi connectivity index (χ3v) is 6.07.